The van der Waals surface area contributed by atoms with Crippen LogP contribution in [0.5, 0.6) is 5.75 Å². The topological polar surface area (TPSA) is 97.1 Å². The summed E-state index contributed by atoms with van der Waals surface area (Å²) in [4.78, 5) is 28.5. The summed E-state index contributed by atoms with van der Waals surface area (Å²) in [7, 11) is 2.95. The van der Waals surface area contributed by atoms with E-state index in [1.807, 2.05) is 24.3 Å². The van der Waals surface area contributed by atoms with Gasteiger partial charge in [-0.3, -0.25) is 19.7 Å². The smallest absolute Gasteiger partial charge is 0.306 e. The molecule has 0 spiro atoms. The van der Waals surface area contributed by atoms with E-state index >= 15 is 0 Å². The fourth-order valence-electron chi connectivity index (χ4n) is 3.09. The van der Waals surface area contributed by atoms with Gasteiger partial charge in [0.15, 0.2) is 0 Å². The van der Waals surface area contributed by atoms with Gasteiger partial charge in [0, 0.05) is 36.0 Å². The number of aromatic amines is 2. The van der Waals surface area contributed by atoms with Crippen molar-refractivity contribution in [2.75, 3.05) is 14.2 Å². The van der Waals surface area contributed by atoms with Crippen LogP contribution >= 0.6 is 0 Å². The summed E-state index contributed by atoms with van der Waals surface area (Å²) in [5.41, 5.74) is 2.86. The van der Waals surface area contributed by atoms with Gasteiger partial charge in [-0.1, -0.05) is 12.1 Å². The Hall–Kier alpha value is -3.35. The Morgan fingerprint density at radius 3 is 2.41 bits per heavy atom. The van der Waals surface area contributed by atoms with Crippen molar-refractivity contribution in [3.8, 4) is 5.75 Å². The zero-order chi connectivity index (χ0) is 19.2. The van der Waals surface area contributed by atoms with Gasteiger partial charge in [-0.25, -0.2) is 0 Å². The first-order valence-electron chi connectivity index (χ1n) is 8.51. The maximum absolute atomic E-state index is 12.5. The Kier molecular flexibility index (Phi) is 5.71. The number of benzene rings is 1. The highest BCUT2D eigenvalue weighted by Gasteiger charge is 2.25. The number of H-pyrrole nitrogens is 2. The van der Waals surface area contributed by atoms with Crippen molar-refractivity contribution in [3.05, 3.63) is 81.5 Å². The summed E-state index contributed by atoms with van der Waals surface area (Å²) in [5.74, 6) is -0.0432. The van der Waals surface area contributed by atoms with Crippen LogP contribution in [0.15, 0.2) is 53.6 Å². The Bertz CT molecular complexity index is 945. The van der Waals surface area contributed by atoms with Crippen LogP contribution in [-0.2, 0) is 16.0 Å². The van der Waals surface area contributed by atoms with Gasteiger partial charge < -0.3 is 14.6 Å². The van der Waals surface area contributed by atoms with Crippen molar-refractivity contribution in [2.24, 2.45) is 0 Å². The fourth-order valence-corrected chi connectivity index (χ4v) is 3.09. The maximum atomic E-state index is 12.5. The molecule has 0 radical (unpaired) electrons. The summed E-state index contributed by atoms with van der Waals surface area (Å²) >= 11 is 0. The molecule has 1 atom stereocenters. The quantitative estimate of drug-likeness (QED) is 0.625. The number of hydrogen-bond acceptors (Lipinski definition) is 5. The van der Waals surface area contributed by atoms with E-state index < -0.39 is 5.92 Å². The van der Waals surface area contributed by atoms with Crippen LogP contribution in [0.1, 0.15) is 34.7 Å². The number of ether oxygens (including phenoxy) is 2. The van der Waals surface area contributed by atoms with E-state index in [0.717, 1.165) is 22.6 Å². The number of hydrogen-bond donors (Lipinski definition) is 2. The predicted octanol–water partition coefficient (Wildman–Crippen LogP) is 2.39. The number of methoxy groups -OCH3 is 2. The molecule has 27 heavy (non-hydrogen) atoms. The number of nitrogens with one attached hydrogen (secondary N) is 2. The summed E-state index contributed by atoms with van der Waals surface area (Å²) in [5, 5.41) is 5.60. The predicted molar refractivity (Wildman–Crippen MR) is 99.9 cm³/mol. The van der Waals surface area contributed by atoms with E-state index in [9.17, 15) is 9.59 Å². The fraction of sp³-hybridized carbons (Fsp3) is 0.250. The first kappa shape index (κ1) is 18.4. The van der Waals surface area contributed by atoms with Gasteiger partial charge in [-0.2, -0.15) is 0 Å². The molecule has 0 aliphatic carbocycles. The number of pyridine rings is 1. The second kappa shape index (κ2) is 8.35. The van der Waals surface area contributed by atoms with Gasteiger partial charge >= 0.3 is 5.97 Å². The number of nitrogens with zero attached hydrogens (tertiary/aromatic N) is 1. The Balaban J connectivity index is 1.98. The summed E-state index contributed by atoms with van der Waals surface area (Å²) < 4.78 is 10.0. The molecule has 2 aromatic heterocycles. The molecule has 0 amide bonds. The van der Waals surface area contributed by atoms with Gasteiger partial charge in [-0.05, 0) is 35.4 Å². The van der Waals surface area contributed by atoms with Gasteiger partial charge in [0.25, 0.3) is 5.56 Å². The van der Waals surface area contributed by atoms with Crippen LogP contribution in [0.25, 0.3) is 0 Å². The standard InChI is InChI=1S/C20H21N3O4/c1-26-15-5-3-13(4-6-15)11-17-19(20(25)23-22-17)16(12-18(24)27-2)14-7-9-21-10-8-14/h3-10,16H,11-12H2,1-2H3,(H2,22,23,25). The lowest BCUT2D eigenvalue weighted by Crippen LogP contribution is -2.18. The van der Waals surface area contributed by atoms with Crippen LogP contribution in [0.4, 0.5) is 0 Å². The zero-order valence-electron chi connectivity index (χ0n) is 15.2. The molecule has 0 aliphatic rings. The normalized spacial score (nSPS) is 11.8. The molecular formula is C20H21N3O4. The van der Waals surface area contributed by atoms with Crippen LogP contribution in [0.2, 0.25) is 0 Å². The number of aromatic nitrogens is 3. The Morgan fingerprint density at radius 1 is 1.07 bits per heavy atom. The lowest BCUT2D eigenvalue weighted by molar-refractivity contribution is -0.140. The molecular weight excluding hydrogens is 346 g/mol. The molecule has 140 valence electrons. The summed E-state index contributed by atoms with van der Waals surface area (Å²) in [6.45, 7) is 0. The van der Waals surface area contributed by atoms with Crippen molar-refractivity contribution in [1.29, 1.82) is 0 Å². The van der Waals surface area contributed by atoms with Gasteiger partial charge in [-0.15, -0.1) is 0 Å². The maximum Gasteiger partial charge on any atom is 0.306 e. The molecule has 1 unspecified atom stereocenters. The molecule has 0 aliphatic heterocycles. The number of esters is 1. The minimum absolute atomic E-state index is 0.0665. The molecule has 2 N–H and O–H groups in total. The van der Waals surface area contributed by atoms with Crippen molar-refractivity contribution in [3.63, 3.8) is 0 Å². The zero-order valence-corrected chi connectivity index (χ0v) is 15.2. The highest BCUT2D eigenvalue weighted by molar-refractivity contribution is 5.71. The average Bonchev–Trinajstić information content (AvgIpc) is 3.07. The molecule has 2 heterocycles. The van der Waals surface area contributed by atoms with E-state index in [4.69, 9.17) is 9.47 Å². The lowest BCUT2D eigenvalue weighted by Gasteiger charge is -2.16. The van der Waals surface area contributed by atoms with E-state index in [1.54, 1.807) is 31.6 Å². The van der Waals surface area contributed by atoms with Crippen molar-refractivity contribution >= 4 is 5.97 Å². The van der Waals surface area contributed by atoms with Crippen LogP contribution in [0.3, 0.4) is 0 Å². The number of rotatable bonds is 7. The van der Waals surface area contributed by atoms with Crippen molar-refractivity contribution in [2.45, 2.75) is 18.8 Å². The minimum atomic E-state index is -0.427. The van der Waals surface area contributed by atoms with Gasteiger partial charge in [0.2, 0.25) is 0 Å². The molecule has 0 saturated carbocycles. The van der Waals surface area contributed by atoms with E-state index in [2.05, 4.69) is 15.2 Å². The first-order chi connectivity index (χ1) is 13.1. The molecule has 3 rings (SSSR count). The third-order valence-corrected chi connectivity index (χ3v) is 4.49. The molecule has 7 heteroatoms. The summed E-state index contributed by atoms with van der Waals surface area (Å²) in [6, 6.07) is 11.2. The highest BCUT2D eigenvalue weighted by atomic mass is 16.5. The van der Waals surface area contributed by atoms with E-state index in [1.165, 1.54) is 7.11 Å². The molecule has 0 saturated heterocycles. The first-order valence-corrected chi connectivity index (χ1v) is 8.51. The van der Waals surface area contributed by atoms with Crippen LogP contribution < -0.4 is 10.3 Å². The number of carbonyl (C=O) groups excluding carboxylic acids is 1. The second-order valence-electron chi connectivity index (χ2n) is 6.11. The SMILES string of the molecule is COC(=O)CC(c1ccncc1)c1c(Cc2ccc(OC)cc2)[nH][nH]c1=O. The van der Waals surface area contributed by atoms with Gasteiger partial charge in [0.1, 0.15) is 5.75 Å². The Morgan fingerprint density at radius 2 is 1.78 bits per heavy atom. The van der Waals surface area contributed by atoms with E-state index in [0.29, 0.717) is 12.0 Å². The second-order valence-corrected chi connectivity index (χ2v) is 6.11. The number of carbonyl (C=O) groups is 1. The molecule has 1 aromatic carbocycles. The molecule has 7 nitrogen and oxygen atoms in total. The molecule has 0 bridgehead atoms. The van der Waals surface area contributed by atoms with Crippen molar-refractivity contribution in [1.82, 2.24) is 15.2 Å². The lowest BCUT2D eigenvalue weighted by atomic mass is 9.88. The molecule has 3 aromatic rings. The largest absolute Gasteiger partial charge is 0.497 e. The van der Waals surface area contributed by atoms with Crippen LogP contribution in [0, 0.1) is 0 Å². The average molecular weight is 367 g/mol. The molecule has 0 fully saturated rings. The third kappa shape index (κ3) is 4.25. The van der Waals surface area contributed by atoms with Crippen LogP contribution in [-0.4, -0.2) is 35.4 Å². The van der Waals surface area contributed by atoms with Crippen molar-refractivity contribution < 1.29 is 14.3 Å². The Labute approximate surface area is 156 Å². The highest BCUT2D eigenvalue weighted by Crippen LogP contribution is 2.29. The third-order valence-electron chi connectivity index (χ3n) is 4.49. The minimum Gasteiger partial charge on any atom is -0.497 e. The monoisotopic (exact) mass is 367 g/mol. The van der Waals surface area contributed by atoms with E-state index in [-0.39, 0.29) is 17.9 Å². The van der Waals surface area contributed by atoms with Gasteiger partial charge in [0.05, 0.1) is 20.6 Å². The summed E-state index contributed by atoms with van der Waals surface area (Å²) in [6.07, 6.45) is 3.87.